The Morgan fingerprint density at radius 1 is 1.07 bits per heavy atom. The van der Waals surface area contributed by atoms with E-state index in [2.05, 4.69) is 30.1 Å². The zero-order chi connectivity index (χ0) is 20.9. The van der Waals surface area contributed by atoms with Gasteiger partial charge in [-0.1, -0.05) is 24.3 Å². The first kappa shape index (κ1) is 21.6. The molecule has 29 heavy (non-hydrogen) atoms. The molecule has 0 amide bonds. The van der Waals surface area contributed by atoms with Crippen LogP contribution in [0.25, 0.3) is 11.1 Å². The Hall–Kier alpha value is -2.14. The van der Waals surface area contributed by atoms with E-state index < -0.39 is 7.60 Å². The summed E-state index contributed by atoms with van der Waals surface area (Å²) in [7, 11) is 0.492. The largest absolute Gasteiger partial charge is 0.497 e. The smallest absolute Gasteiger partial charge is 0.336 e. The standard InChI is InChI=1S/C22H29N2O4P/c1-5-27-29(25,28-6-2)16-21-20-11-10-18(15-22(20)24(3)13-12-23-21)17-8-7-9-19(14-17)26-4/h7-11,14-15H,5-6,12-13,16H2,1-4H3. The van der Waals surface area contributed by atoms with Crippen LogP contribution in [-0.4, -0.2) is 52.3 Å². The second-order valence-corrected chi connectivity index (χ2v) is 8.87. The van der Waals surface area contributed by atoms with Gasteiger partial charge in [0.15, 0.2) is 0 Å². The number of hydrogen-bond acceptors (Lipinski definition) is 6. The number of likely N-dealkylation sites (N-methyl/N-ethyl adjacent to an activating group) is 1. The van der Waals surface area contributed by atoms with Crippen LogP contribution in [0.1, 0.15) is 19.4 Å². The zero-order valence-corrected chi connectivity index (χ0v) is 18.4. The van der Waals surface area contributed by atoms with Gasteiger partial charge in [0, 0.05) is 24.8 Å². The highest BCUT2D eigenvalue weighted by Crippen LogP contribution is 2.49. The molecule has 0 fully saturated rings. The molecule has 1 aliphatic heterocycles. The number of methoxy groups -OCH3 is 1. The topological polar surface area (TPSA) is 60.4 Å². The third-order valence-electron chi connectivity index (χ3n) is 4.86. The molecule has 0 radical (unpaired) electrons. The first-order valence-electron chi connectivity index (χ1n) is 9.91. The number of anilines is 1. The third-order valence-corrected chi connectivity index (χ3v) is 6.85. The van der Waals surface area contributed by atoms with E-state index in [0.29, 0.717) is 19.8 Å². The van der Waals surface area contributed by atoms with Gasteiger partial charge in [-0.3, -0.25) is 9.56 Å². The van der Waals surface area contributed by atoms with Crippen molar-refractivity contribution >= 4 is 19.0 Å². The number of hydrogen-bond donors (Lipinski definition) is 0. The molecule has 0 bridgehead atoms. The molecular weight excluding hydrogens is 387 g/mol. The molecule has 6 nitrogen and oxygen atoms in total. The second-order valence-electron chi connectivity index (χ2n) is 6.82. The number of rotatable bonds is 8. The quantitative estimate of drug-likeness (QED) is 0.575. The monoisotopic (exact) mass is 416 g/mol. The van der Waals surface area contributed by atoms with E-state index in [1.54, 1.807) is 7.11 Å². The maximum atomic E-state index is 13.1. The Kier molecular flexibility index (Phi) is 7.12. The Morgan fingerprint density at radius 3 is 2.48 bits per heavy atom. The van der Waals surface area contributed by atoms with Crippen molar-refractivity contribution in [1.82, 2.24) is 0 Å². The predicted octanol–water partition coefficient (Wildman–Crippen LogP) is 4.87. The van der Waals surface area contributed by atoms with Gasteiger partial charge in [0.05, 0.1) is 38.7 Å². The summed E-state index contributed by atoms with van der Waals surface area (Å²) in [5, 5.41) is 0. The van der Waals surface area contributed by atoms with Crippen molar-refractivity contribution in [3.8, 4) is 16.9 Å². The van der Waals surface area contributed by atoms with Gasteiger partial charge in [0.25, 0.3) is 0 Å². The Bertz CT molecular complexity index is 919. The summed E-state index contributed by atoms with van der Waals surface area (Å²) < 4.78 is 29.4. The van der Waals surface area contributed by atoms with Gasteiger partial charge < -0.3 is 18.7 Å². The van der Waals surface area contributed by atoms with Crippen LogP contribution in [0.2, 0.25) is 0 Å². The van der Waals surface area contributed by atoms with Gasteiger partial charge in [0.1, 0.15) is 5.75 Å². The van der Waals surface area contributed by atoms with E-state index in [1.807, 2.05) is 38.1 Å². The maximum absolute atomic E-state index is 13.1. The lowest BCUT2D eigenvalue weighted by atomic mass is 10.00. The van der Waals surface area contributed by atoms with E-state index in [-0.39, 0.29) is 6.16 Å². The maximum Gasteiger partial charge on any atom is 0.336 e. The fourth-order valence-corrected chi connectivity index (χ4v) is 5.14. The minimum Gasteiger partial charge on any atom is -0.497 e. The Morgan fingerprint density at radius 2 is 1.79 bits per heavy atom. The van der Waals surface area contributed by atoms with E-state index in [9.17, 15) is 4.57 Å². The fraction of sp³-hybridized carbons (Fsp3) is 0.409. The van der Waals surface area contributed by atoms with Crippen LogP contribution >= 0.6 is 7.60 Å². The molecule has 0 atom stereocenters. The van der Waals surface area contributed by atoms with Crippen molar-refractivity contribution in [3.63, 3.8) is 0 Å². The van der Waals surface area contributed by atoms with E-state index in [4.69, 9.17) is 18.8 Å². The number of benzodiazepines with no additional fused rings is 1. The molecule has 3 rings (SSSR count). The van der Waals surface area contributed by atoms with E-state index in [1.165, 1.54) is 0 Å². The van der Waals surface area contributed by atoms with Gasteiger partial charge in [-0.05, 0) is 43.2 Å². The lowest BCUT2D eigenvalue weighted by Crippen LogP contribution is -2.20. The summed E-state index contributed by atoms with van der Waals surface area (Å²) in [6.07, 6.45) is 0.175. The summed E-state index contributed by atoms with van der Waals surface area (Å²) in [5.41, 5.74) is 4.97. The molecular formula is C22H29N2O4P. The molecule has 0 aromatic heterocycles. The number of ether oxygens (including phenoxy) is 1. The summed E-state index contributed by atoms with van der Waals surface area (Å²) in [4.78, 5) is 6.90. The van der Waals surface area contributed by atoms with Gasteiger partial charge in [-0.15, -0.1) is 0 Å². The molecule has 7 heteroatoms. The number of benzene rings is 2. The van der Waals surface area contributed by atoms with Crippen LogP contribution in [0, 0.1) is 0 Å². The molecule has 2 aromatic carbocycles. The molecule has 2 aromatic rings. The highest BCUT2D eigenvalue weighted by atomic mass is 31.2. The van der Waals surface area contributed by atoms with Crippen molar-refractivity contribution in [2.75, 3.05) is 51.5 Å². The second kappa shape index (κ2) is 9.57. The summed E-state index contributed by atoms with van der Waals surface area (Å²) >= 11 is 0. The lowest BCUT2D eigenvalue weighted by molar-refractivity contribution is 0.223. The fourth-order valence-electron chi connectivity index (χ4n) is 3.45. The van der Waals surface area contributed by atoms with Crippen LogP contribution in [0.4, 0.5) is 5.69 Å². The molecule has 1 aliphatic rings. The summed E-state index contributed by atoms with van der Waals surface area (Å²) in [5.74, 6) is 0.822. The Labute approximate surface area is 173 Å². The van der Waals surface area contributed by atoms with Crippen molar-refractivity contribution < 1.29 is 18.3 Å². The van der Waals surface area contributed by atoms with Crippen molar-refractivity contribution in [3.05, 3.63) is 48.0 Å². The van der Waals surface area contributed by atoms with Crippen LogP contribution in [0.3, 0.4) is 0 Å². The van der Waals surface area contributed by atoms with Crippen molar-refractivity contribution in [2.24, 2.45) is 4.99 Å². The molecule has 156 valence electrons. The number of aliphatic imine (C=N–C) groups is 1. The van der Waals surface area contributed by atoms with Gasteiger partial charge in [-0.25, -0.2) is 0 Å². The summed E-state index contributed by atoms with van der Waals surface area (Å²) in [6.45, 7) is 5.74. The van der Waals surface area contributed by atoms with E-state index >= 15 is 0 Å². The van der Waals surface area contributed by atoms with Crippen LogP contribution in [0.15, 0.2) is 47.5 Å². The highest BCUT2D eigenvalue weighted by molar-refractivity contribution is 7.55. The first-order valence-corrected chi connectivity index (χ1v) is 11.6. The average molecular weight is 416 g/mol. The molecule has 0 saturated heterocycles. The van der Waals surface area contributed by atoms with Crippen molar-refractivity contribution in [1.29, 1.82) is 0 Å². The predicted molar refractivity (Wildman–Crippen MR) is 119 cm³/mol. The van der Waals surface area contributed by atoms with Gasteiger partial charge in [-0.2, -0.15) is 0 Å². The highest BCUT2D eigenvalue weighted by Gasteiger charge is 2.29. The van der Waals surface area contributed by atoms with Gasteiger partial charge >= 0.3 is 7.60 Å². The molecule has 0 aliphatic carbocycles. The number of nitrogens with zero attached hydrogens (tertiary/aromatic N) is 2. The molecule has 0 spiro atoms. The van der Waals surface area contributed by atoms with Crippen LogP contribution < -0.4 is 9.64 Å². The first-order chi connectivity index (χ1) is 14.0. The zero-order valence-electron chi connectivity index (χ0n) is 17.6. The van der Waals surface area contributed by atoms with Gasteiger partial charge in [0.2, 0.25) is 0 Å². The van der Waals surface area contributed by atoms with Crippen LogP contribution in [-0.2, 0) is 13.6 Å². The van der Waals surface area contributed by atoms with E-state index in [0.717, 1.165) is 40.4 Å². The molecule has 1 heterocycles. The lowest BCUT2D eigenvalue weighted by Gasteiger charge is -2.22. The third kappa shape index (κ3) is 5.08. The van der Waals surface area contributed by atoms with Crippen molar-refractivity contribution in [2.45, 2.75) is 13.8 Å². The molecule has 0 saturated carbocycles. The molecule has 0 N–H and O–H groups in total. The minimum absolute atomic E-state index is 0.175. The number of fused-ring (bicyclic) bond motifs is 1. The average Bonchev–Trinajstić information content (AvgIpc) is 2.87. The SMILES string of the molecule is CCOP(=O)(CC1=NCCN(C)c2cc(-c3cccc(OC)c3)ccc21)OCC. The normalized spacial score (nSPS) is 14.2. The van der Waals surface area contributed by atoms with Crippen LogP contribution in [0.5, 0.6) is 5.75 Å². The summed E-state index contributed by atoms with van der Waals surface area (Å²) in [6, 6.07) is 14.3. The Balaban J connectivity index is 1.99. The molecule has 0 unspecified atom stereocenters. The minimum atomic E-state index is -3.23.